The van der Waals surface area contributed by atoms with Crippen LogP contribution in [-0.2, 0) is 0 Å². The van der Waals surface area contributed by atoms with Gasteiger partial charge in [-0.05, 0) is 50.3 Å². The molecule has 1 N–H and O–H groups in total. The Kier molecular flexibility index (Phi) is 4.02. The van der Waals surface area contributed by atoms with Crippen LogP contribution in [0.5, 0.6) is 0 Å². The maximum atomic E-state index is 12.6. The van der Waals surface area contributed by atoms with E-state index in [0.717, 1.165) is 42.5 Å². The molecule has 0 saturated carbocycles. The van der Waals surface area contributed by atoms with E-state index in [9.17, 15) is 9.90 Å². The van der Waals surface area contributed by atoms with Crippen molar-refractivity contribution in [1.29, 1.82) is 0 Å². The van der Waals surface area contributed by atoms with Gasteiger partial charge >= 0.3 is 0 Å². The molecule has 1 aromatic carbocycles. The summed E-state index contributed by atoms with van der Waals surface area (Å²) < 4.78 is 0. The minimum Gasteiger partial charge on any atom is -0.394 e. The Hall–Kier alpha value is -1.35. The second-order valence-corrected chi connectivity index (χ2v) is 5.08. The van der Waals surface area contributed by atoms with Gasteiger partial charge < -0.3 is 10.0 Å². The quantitative estimate of drug-likeness (QED) is 0.871. The average molecular weight is 247 g/mol. The second kappa shape index (κ2) is 5.53. The number of benzene rings is 1. The Bertz CT molecular complexity index is 442. The van der Waals surface area contributed by atoms with Crippen LogP contribution in [-0.4, -0.2) is 35.1 Å². The van der Waals surface area contributed by atoms with Crippen LogP contribution in [0.2, 0.25) is 0 Å². The highest BCUT2D eigenvalue weighted by molar-refractivity contribution is 5.96. The largest absolute Gasteiger partial charge is 0.394 e. The van der Waals surface area contributed by atoms with Crippen molar-refractivity contribution >= 4 is 5.91 Å². The molecule has 1 atom stereocenters. The van der Waals surface area contributed by atoms with Gasteiger partial charge in [-0.2, -0.15) is 0 Å². The molecule has 1 heterocycles. The zero-order valence-electron chi connectivity index (χ0n) is 11.1. The van der Waals surface area contributed by atoms with Crippen LogP contribution in [0.15, 0.2) is 18.2 Å². The Morgan fingerprint density at radius 1 is 1.39 bits per heavy atom. The summed E-state index contributed by atoms with van der Waals surface area (Å²) in [6.45, 7) is 4.83. The molecule has 3 nitrogen and oxygen atoms in total. The van der Waals surface area contributed by atoms with Gasteiger partial charge in [0, 0.05) is 12.1 Å². The lowest BCUT2D eigenvalue weighted by Gasteiger charge is -2.35. The molecular weight excluding hydrogens is 226 g/mol. The molecule has 1 unspecified atom stereocenters. The van der Waals surface area contributed by atoms with Crippen molar-refractivity contribution in [2.24, 2.45) is 0 Å². The number of hydrogen-bond acceptors (Lipinski definition) is 2. The summed E-state index contributed by atoms with van der Waals surface area (Å²) in [6, 6.07) is 5.82. The fourth-order valence-electron chi connectivity index (χ4n) is 2.60. The molecule has 2 rings (SSSR count). The van der Waals surface area contributed by atoms with E-state index in [0.29, 0.717) is 0 Å². The number of aryl methyl sites for hydroxylation is 1. The molecule has 0 radical (unpaired) electrons. The Morgan fingerprint density at radius 3 is 2.89 bits per heavy atom. The van der Waals surface area contributed by atoms with Gasteiger partial charge in [0.1, 0.15) is 0 Å². The topological polar surface area (TPSA) is 40.5 Å². The van der Waals surface area contributed by atoms with Gasteiger partial charge in [-0.3, -0.25) is 4.79 Å². The maximum absolute atomic E-state index is 12.6. The van der Waals surface area contributed by atoms with Crippen LogP contribution >= 0.6 is 0 Å². The minimum atomic E-state index is -0.00818. The Morgan fingerprint density at radius 2 is 2.17 bits per heavy atom. The lowest BCUT2D eigenvalue weighted by molar-refractivity contribution is 0.0502. The number of aliphatic hydroxyl groups excluding tert-OH is 1. The molecule has 98 valence electrons. The second-order valence-electron chi connectivity index (χ2n) is 5.08. The highest BCUT2D eigenvalue weighted by Gasteiger charge is 2.27. The molecule has 1 aliphatic rings. The summed E-state index contributed by atoms with van der Waals surface area (Å²) in [5.41, 5.74) is 2.96. The van der Waals surface area contributed by atoms with Crippen molar-refractivity contribution in [1.82, 2.24) is 4.90 Å². The third kappa shape index (κ3) is 2.41. The molecule has 3 heteroatoms. The van der Waals surface area contributed by atoms with Crippen molar-refractivity contribution in [3.63, 3.8) is 0 Å². The van der Waals surface area contributed by atoms with E-state index in [1.807, 2.05) is 36.9 Å². The van der Waals surface area contributed by atoms with Crippen LogP contribution in [0.1, 0.15) is 40.7 Å². The highest BCUT2D eigenvalue weighted by atomic mass is 16.3. The average Bonchev–Trinajstić information content (AvgIpc) is 2.41. The van der Waals surface area contributed by atoms with Crippen LogP contribution in [0.3, 0.4) is 0 Å². The van der Waals surface area contributed by atoms with E-state index in [4.69, 9.17) is 0 Å². The van der Waals surface area contributed by atoms with E-state index in [1.54, 1.807) is 0 Å². The van der Waals surface area contributed by atoms with Crippen molar-refractivity contribution < 1.29 is 9.90 Å². The van der Waals surface area contributed by atoms with Gasteiger partial charge in [0.15, 0.2) is 0 Å². The fourth-order valence-corrected chi connectivity index (χ4v) is 2.60. The van der Waals surface area contributed by atoms with E-state index < -0.39 is 0 Å². The van der Waals surface area contributed by atoms with Gasteiger partial charge in [-0.25, -0.2) is 0 Å². The molecule has 1 aromatic rings. The molecule has 1 aliphatic heterocycles. The van der Waals surface area contributed by atoms with E-state index in [2.05, 4.69) is 0 Å². The molecule has 0 bridgehead atoms. The predicted molar refractivity (Wildman–Crippen MR) is 71.7 cm³/mol. The van der Waals surface area contributed by atoms with Crippen molar-refractivity contribution in [2.75, 3.05) is 13.2 Å². The van der Waals surface area contributed by atoms with E-state index >= 15 is 0 Å². The van der Waals surface area contributed by atoms with Gasteiger partial charge in [0.25, 0.3) is 5.91 Å². The fraction of sp³-hybridized carbons (Fsp3) is 0.533. The third-order valence-corrected chi connectivity index (χ3v) is 3.93. The van der Waals surface area contributed by atoms with Crippen LogP contribution < -0.4 is 0 Å². The molecular formula is C15H21NO2. The number of hydrogen-bond donors (Lipinski definition) is 1. The lowest BCUT2D eigenvalue weighted by Crippen LogP contribution is -2.45. The number of rotatable bonds is 2. The predicted octanol–water partition coefficient (Wildman–Crippen LogP) is 2.29. The molecule has 1 fully saturated rings. The van der Waals surface area contributed by atoms with Crippen molar-refractivity contribution in [2.45, 2.75) is 39.2 Å². The SMILES string of the molecule is Cc1cccc(C(=O)N2CCCCC2CO)c1C. The Balaban J connectivity index is 2.27. The highest BCUT2D eigenvalue weighted by Crippen LogP contribution is 2.21. The number of aliphatic hydroxyl groups is 1. The van der Waals surface area contributed by atoms with Crippen molar-refractivity contribution in [3.05, 3.63) is 34.9 Å². The molecule has 0 aromatic heterocycles. The molecule has 0 aliphatic carbocycles. The van der Waals surface area contributed by atoms with Crippen molar-refractivity contribution in [3.8, 4) is 0 Å². The number of carbonyl (C=O) groups is 1. The first kappa shape index (κ1) is 13.1. The van der Waals surface area contributed by atoms with Crippen LogP contribution in [0, 0.1) is 13.8 Å². The van der Waals surface area contributed by atoms with Gasteiger partial charge in [-0.1, -0.05) is 12.1 Å². The standard InChI is InChI=1S/C15H21NO2/c1-11-6-5-8-14(12(11)2)15(18)16-9-4-3-7-13(16)10-17/h5-6,8,13,17H,3-4,7,9-10H2,1-2H3. The van der Waals surface area contributed by atoms with Gasteiger partial charge in [0.05, 0.1) is 12.6 Å². The van der Waals surface area contributed by atoms with Gasteiger partial charge in [-0.15, -0.1) is 0 Å². The van der Waals surface area contributed by atoms with Crippen LogP contribution in [0.25, 0.3) is 0 Å². The molecule has 18 heavy (non-hydrogen) atoms. The first-order valence-electron chi connectivity index (χ1n) is 6.63. The smallest absolute Gasteiger partial charge is 0.254 e. The first-order chi connectivity index (χ1) is 8.65. The summed E-state index contributed by atoms with van der Waals surface area (Å²) in [5, 5.41) is 9.39. The molecule has 1 saturated heterocycles. The summed E-state index contributed by atoms with van der Waals surface area (Å²) in [5.74, 6) is 0.0648. The summed E-state index contributed by atoms with van der Waals surface area (Å²) in [4.78, 5) is 14.4. The van der Waals surface area contributed by atoms with Gasteiger partial charge in [0.2, 0.25) is 0 Å². The zero-order valence-corrected chi connectivity index (χ0v) is 11.1. The van der Waals surface area contributed by atoms with E-state index in [-0.39, 0.29) is 18.6 Å². The summed E-state index contributed by atoms with van der Waals surface area (Å²) in [6.07, 6.45) is 3.04. The molecule has 1 amide bonds. The lowest BCUT2D eigenvalue weighted by atomic mass is 9.98. The third-order valence-electron chi connectivity index (χ3n) is 3.93. The number of piperidine rings is 1. The molecule has 0 spiro atoms. The number of nitrogens with zero attached hydrogens (tertiary/aromatic N) is 1. The normalized spacial score (nSPS) is 19.9. The maximum Gasteiger partial charge on any atom is 0.254 e. The number of likely N-dealkylation sites (tertiary alicyclic amines) is 1. The zero-order chi connectivity index (χ0) is 13.1. The number of carbonyl (C=O) groups excluding carboxylic acids is 1. The summed E-state index contributed by atoms with van der Waals surface area (Å²) >= 11 is 0. The Labute approximate surface area is 108 Å². The number of amides is 1. The van der Waals surface area contributed by atoms with E-state index in [1.165, 1.54) is 0 Å². The minimum absolute atomic E-state index is 0.00818. The monoisotopic (exact) mass is 247 g/mol. The summed E-state index contributed by atoms with van der Waals surface area (Å²) in [7, 11) is 0. The van der Waals surface area contributed by atoms with Crippen LogP contribution in [0.4, 0.5) is 0 Å². The first-order valence-corrected chi connectivity index (χ1v) is 6.63.